The molecule has 7 nitrogen and oxygen atoms in total. The number of likely N-dealkylation sites (tertiary alicyclic amines) is 1. The number of rotatable bonds is 8. The highest BCUT2D eigenvalue weighted by molar-refractivity contribution is 6.31. The minimum absolute atomic E-state index is 0.00430. The number of benzene rings is 1. The minimum atomic E-state index is -0.225. The van der Waals surface area contributed by atoms with Gasteiger partial charge in [0.2, 0.25) is 5.91 Å². The molecule has 8 heteroatoms. The highest BCUT2D eigenvalue weighted by Gasteiger charge is 2.25. The van der Waals surface area contributed by atoms with Gasteiger partial charge in [-0.25, -0.2) is 0 Å². The average molecular weight is 385 g/mol. The molecule has 0 spiro atoms. The maximum Gasteiger partial charge on any atom is 0.255 e. The Morgan fingerprint density at radius 2 is 1.96 bits per heavy atom. The van der Waals surface area contributed by atoms with Crippen molar-refractivity contribution in [2.45, 2.75) is 18.9 Å². The zero-order valence-electron chi connectivity index (χ0n) is 15.1. The van der Waals surface area contributed by atoms with Crippen molar-refractivity contribution in [2.75, 3.05) is 47.1 Å². The number of hydrogen-bond donors (Lipinski definition) is 1. The summed E-state index contributed by atoms with van der Waals surface area (Å²) in [5.41, 5.74) is 0.407. The smallest absolute Gasteiger partial charge is 0.255 e. The largest absolute Gasteiger partial charge is 0.496 e. The van der Waals surface area contributed by atoms with Crippen LogP contribution in [0.15, 0.2) is 18.2 Å². The third-order valence-electron chi connectivity index (χ3n) is 4.25. The fourth-order valence-electron chi connectivity index (χ4n) is 2.79. The Kier molecular flexibility index (Phi) is 8.15. The summed E-state index contributed by atoms with van der Waals surface area (Å²) in [4.78, 5) is 26.3. The molecule has 1 aromatic rings. The third-order valence-corrected chi connectivity index (χ3v) is 4.48. The second-order valence-corrected chi connectivity index (χ2v) is 6.45. The highest BCUT2D eigenvalue weighted by atomic mass is 35.5. The summed E-state index contributed by atoms with van der Waals surface area (Å²) in [5, 5.41) is 3.47. The van der Waals surface area contributed by atoms with E-state index in [0.717, 1.165) is 0 Å². The van der Waals surface area contributed by atoms with Gasteiger partial charge in [-0.05, 0) is 31.0 Å². The first-order valence-electron chi connectivity index (χ1n) is 8.54. The Morgan fingerprint density at radius 1 is 1.23 bits per heavy atom. The molecule has 0 aliphatic carbocycles. The van der Waals surface area contributed by atoms with Crippen molar-refractivity contribution in [3.8, 4) is 5.75 Å². The van der Waals surface area contributed by atoms with Crippen molar-refractivity contribution in [3.05, 3.63) is 28.8 Å². The Morgan fingerprint density at radius 3 is 2.62 bits per heavy atom. The van der Waals surface area contributed by atoms with E-state index in [4.69, 9.17) is 25.8 Å². The normalized spacial score (nSPS) is 15.0. The van der Waals surface area contributed by atoms with E-state index in [9.17, 15) is 9.59 Å². The Balaban J connectivity index is 1.80. The van der Waals surface area contributed by atoms with E-state index in [1.165, 1.54) is 7.11 Å². The van der Waals surface area contributed by atoms with Crippen LogP contribution >= 0.6 is 11.6 Å². The number of piperidine rings is 1. The second kappa shape index (κ2) is 10.4. The lowest BCUT2D eigenvalue weighted by Crippen LogP contribution is -2.47. The van der Waals surface area contributed by atoms with Crippen LogP contribution in [-0.2, 0) is 14.3 Å². The van der Waals surface area contributed by atoms with Crippen molar-refractivity contribution in [1.82, 2.24) is 10.2 Å². The molecular formula is C18H25ClN2O5. The van der Waals surface area contributed by atoms with Crippen LogP contribution in [-0.4, -0.2) is 69.9 Å². The number of carbonyl (C=O) groups is 2. The molecule has 1 aliphatic rings. The molecule has 1 heterocycles. The molecule has 1 aromatic carbocycles. The van der Waals surface area contributed by atoms with Crippen LogP contribution < -0.4 is 10.1 Å². The van der Waals surface area contributed by atoms with E-state index in [2.05, 4.69) is 5.32 Å². The number of nitrogens with one attached hydrogen (secondary N) is 1. The monoisotopic (exact) mass is 384 g/mol. The molecule has 0 aromatic heterocycles. The topological polar surface area (TPSA) is 77.1 Å². The van der Waals surface area contributed by atoms with E-state index in [-0.39, 0.29) is 24.5 Å². The maximum atomic E-state index is 12.5. The van der Waals surface area contributed by atoms with Crippen LogP contribution in [0.1, 0.15) is 23.2 Å². The molecule has 1 fully saturated rings. The minimum Gasteiger partial charge on any atom is -0.496 e. The van der Waals surface area contributed by atoms with Gasteiger partial charge in [0.25, 0.3) is 5.91 Å². The van der Waals surface area contributed by atoms with E-state index < -0.39 is 0 Å². The van der Waals surface area contributed by atoms with Crippen LogP contribution in [0.5, 0.6) is 5.75 Å². The number of ether oxygens (including phenoxy) is 3. The number of hydrogen-bond acceptors (Lipinski definition) is 5. The first-order chi connectivity index (χ1) is 12.5. The molecule has 26 heavy (non-hydrogen) atoms. The summed E-state index contributed by atoms with van der Waals surface area (Å²) in [6.07, 6.45) is 1.39. The molecule has 1 saturated heterocycles. The zero-order chi connectivity index (χ0) is 18.9. The van der Waals surface area contributed by atoms with Crippen LogP contribution in [0.4, 0.5) is 0 Å². The molecule has 0 radical (unpaired) electrons. The molecule has 1 N–H and O–H groups in total. The van der Waals surface area contributed by atoms with Gasteiger partial charge in [-0.2, -0.15) is 0 Å². The molecule has 0 saturated carbocycles. The summed E-state index contributed by atoms with van der Waals surface area (Å²) in [6.45, 7) is 2.10. The quantitative estimate of drug-likeness (QED) is 0.691. The predicted molar refractivity (Wildman–Crippen MR) is 97.8 cm³/mol. The second-order valence-electron chi connectivity index (χ2n) is 6.02. The van der Waals surface area contributed by atoms with Crippen molar-refractivity contribution in [1.29, 1.82) is 0 Å². The first kappa shape index (κ1) is 20.5. The van der Waals surface area contributed by atoms with Crippen molar-refractivity contribution >= 4 is 23.4 Å². The number of methoxy groups -OCH3 is 2. The van der Waals surface area contributed by atoms with E-state index in [1.807, 2.05) is 0 Å². The number of nitrogens with zero attached hydrogens (tertiary/aromatic N) is 1. The van der Waals surface area contributed by atoms with Crippen LogP contribution in [0.3, 0.4) is 0 Å². The molecule has 0 unspecified atom stereocenters. The lowest BCUT2D eigenvalue weighted by atomic mass is 10.0. The van der Waals surface area contributed by atoms with Gasteiger partial charge in [0.1, 0.15) is 12.4 Å². The van der Waals surface area contributed by atoms with Gasteiger partial charge in [0.05, 0.1) is 25.9 Å². The van der Waals surface area contributed by atoms with Crippen molar-refractivity contribution in [2.24, 2.45) is 0 Å². The molecule has 0 atom stereocenters. The van der Waals surface area contributed by atoms with Gasteiger partial charge < -0.3 is 24.4 Å². The third kappa shape index (κ3) is 5.86. The average Bonchev–Trinajstić information content (AvgIpc) is 2.65. The first-order valence-corrected chi connectivity index (χ1v) is 8.91. The lowest BCUT2D eigenvalue weighted by molar-refractivity contribution is -0.137. The predicted octanol–water partition coefficient (Wildman–Crippen LogP) is 1.73. The van der Waals surface area contributed by atoms with Gasteiger partial charge in [0, 0.05) is 31.3 Å². The summed E-state index contributed by atoms with van der Waals surface area (Å²) in [7, 11) is 3.10. The number of amides is 2. The molecule has 2 rings (SSSR count). The number of carbonyl (C=O) groups excluding carboxylic acids is 2. The Labute approximate surface area is 158 Å². The van der Waals surface area contributed by atoms with Crippen LogP contribution in [0.2, 0.25) is 5.02 Å². The van der Waals surface area contributed by atoms with E-state index in [0.29, 0.717) is 55.5 Å². The molecular weight excluding hydrogens is 360 g/mol. The lowest BCUT2D eigenvalue weighted by Gasteiger charge is -2.32. The fraction of sp³-hybridized carbons (Fsp3) is 0.556. The molecule has 0 bridgehead atoms. The molecule has 144 valence electrons. The van der Waals surface area contributed by atoms with Crippen LogP contribution in [0, 0.1) is 0 Å². The van der Waals surface area contributed by atoms with Gasteiger partial charge in [-0.3, -0.25) is 9.59 Å². The Hall–Kier alpha value is -1.83. The molecule has 1 aliphatic heterocycles. The van der Waals surface area contributed by atoms with E-state index >= 15 is 0 Å². The number of halogens is 1. The van der Waals surface area contributed by atoms with E-state index in [1.54, 1.807) is 30.2 Å². The Bertz CT molecular complexity index is 618. The summed E-state index contributed by atoms with van der Waals surface area (Å²) in [6, 6.07) is 4.94. The SMILES string of the molecule is COCCOCC(=O)N1CCC(NC(=O)c2cc(Cl)ccc2OC)CC1. The van der Waals surface area contributed by atoms with Gasteiger partial charge in [-0.1, -0.05) is 11.6 Å². The van der Waals surface area contributed by atoms with Gasteiger partial charge in [0.15, 0.2) is 0 Å². The summed E-state index contributed by atoms with van der Waals surface area (Å²) >= 11 is 5.98. The zero-order valence-corrected chi connectivity index (χ0v) is 15.9. The van der Waals surface area contributed by atoms with Gasteiger partial charge >= 0.3 is 0 Å². The summed E-state index contributed by atoms with van der Waals surface area (Å²) < 4.78 is 15.4. The summed E-state index contributed by atoms with van der Waals surface area (Å²) in [5.74, 6) is 0.215. The standard InChI is InChI=1S/C18H25ClN2O5/c1-24-9-10-26-12-17(22)21-7-5-14(6-8-21)20-18(23)15-11-13(19)3-4-16(15)25-2/h3-4,11,14H,5-10,12H2,1-2H3,(H,20,23). The van der Waals surface area contributed by atoms with Crippen molar-refractivity contribution in [3.63, 3.8) is 0 Å². The van der Waals surface area contributed by atoms with Gasteiger partial charge in [-0.15, -0.1) is 0 Å². The molecule has 2 amide bonds. The van der Waals surface area contributed by atoms with Crippen LogP contribution in [0.25, 0.3) is 0 Å². The van der Waals surface area contributed by atoms with Crippen molar-refractivity contribution < 1.29 is 23.8 Å². The fourth-order valence-corrected chi connectivity index (χ4v) is 2.96. The highest BCUT2D eigenvalue weighted by Crippen LogP contribution is 2.23. The maximum absolute atomic E-state index is 12.5.